The summed E-state index contributed by atoms with van der Waals surface area (Å²) in [6.07, 6.45) is 0. The molecule has 1 saturated heterocycles. The summed E-state index contributed by atoms with van der Waals surface area (Å²) >= 11 is 1.24. The summed E-state index contributed by atoms with van der Waals surface area (Å²) in [5.41, 5.74) is 1.38. The van der Waals surface area contributed by atoms with Gasteiger partial charge < -0.3 is 28.8 Å². The van der Waals surface area contributed by atoms with Crippen LogP contribution in [-0.2, 0) is 9.59 Å². The lowest BCUT2D eigenvalue weighted by Gasteiger charge is -2.24. The molecule has 0 aliphatic carbocycles. The molecule has 0 saturated carbocycles. The van der Waals surface area contributed by atoms with Crippen molar-refractivity contribution in [2.24, 2.45) is 0 Å². The van der Waals surface area contributed by atoms with Gasteiger partial charge in [0, 0.05) is 5.56 Å². The largest absolute Gasteiger partial charge is 0.507 e. The van der Waals surface area contributed by atoms with E-state index < -0.39 is 17.7 Å². The minimum atomic E-state index is -1.00. The van der Waals surface area contributed by atoms with Crippen molar-refractivity contribution in [2.45, 2.75) is 6.04 Å². The maximum atomic E-state index is 13.6. The molecule has 1 fully saturated rings. The number of ether oxygens (including phenoxy) is 5. The molecule has 4 aromatic rings. The summed E-state index contributed by atoms with van der Waals surface area (Å²) in [4.78, 5) is 33.2. The average molecular weight is 561 g/mol. The molecule has 204 valence electrons. The molecule has 3 aromatic carbocycles. The number of aliphatic hydroxyl groups excluding tert-OH is 1. The molecule has 2 aliphatic heterocycles. The molecule has 1 aromatic heterocycles. The van der Waals surface area contributed by atoms with Crippen LogP contribution in [0.25, 0.3) is 16.0 Å². The molecule has 2 aliphatic rings. The van der Waals surface area contributed by atoms with Crippen LogP contribution < -0.4 is 28.6 Å². The zero-order valence-corrected chi connectivity index (χ0v) is 22.6. The molecule has 0 spiro atoms. The molecular formula is C29H24N2O8S. The Balaban J connectivity index is 1.55. The zero-order chi connectivity index (χ0) is 28.0. The smallest absolute Gasteiger partial charge is 0.301 e. The van der Waals surface area contributed by atoms with E-state index in [0.29, 0.717) is 63.7 Å². The number of nitrogens with zero attached hydrogens (tertiary/aromatic N) is 2. The van der Waals surface area contributed by atoms with Crippen molar-refractivity contribution in [3.63, 3.8) is 0 Å². The molecule has 40 heavy (non-hydrogen) atoms. The third kappa shape index (κ3) is 4.15. The van der Waals surface area contributed by atoms with E-state index >= 15 is 0 Å². The van der Waals surface area contributed by atoms with Gasteiger partial charge in [-0.3, -0.25) is 14.5 Å². The van der Waals surface area contributed by atoms with Gasteiger partial charge in [-0.05, 0) is 54.1 Å². The maximum absolute atomic E-state index is 13.6. The average Bonchev–Trinajstić information content (AvgIpc) is 3.53. The Morgan fingerprint density at radius 1 is 0.925 bits per heavy atom. The van der Waals surface area contributed by atoms with Crippen LogP contribution in [0, 0.1) is 0 Å². The van der Waals surface area contributed by atoms with Crippen molar-refractivity contribution >= 4 is 44.1 Å². The number of anilines is 1. The second-order valence-electron chi connectivity index (χ2n) is 8.97. The number of aromatic nitrogens is 1. The van der Waals surface area contributed by atoms with Gasteiger partial charge in [0.1, 0.15) is 24.7 Å². The summed E-state index contributed by atoms with van der Waals surface area (Å²) in [5.74, 6) is 0.479. The van der Waals surface area contributed by atoms with Gasteiger partial charge in [0.05, 0.1) is 43.2 Å². The van der Waals surface area contributed by atoms with E-state index in [0.717, 1.165) is 4.70 Å². The van der Waals surface area contributed by atoms with E-state index in [1.165, 1.54) is 30.5 Å². The van der Waals surface area contributed by atoms with E-state index in [-0.39, 0.29) is 11.3 Å². The number of rotatable bonds is 6. The highest BCUT2D eigenvalue weighted by atomic mass is 32.1. The topological polar surface area (TPSA) is 117 Å². The lowest BCUT2D eigenvalue weighted by atomic mass is 9.95. The highest BCUT2D eigenvalue weighted by Gasteiger charge is 2.48. The second kappa shape index (κ2) is 10.1. The minimum absolute atomic E-state index is 0.0919. The highest BCUT2D eigenvalue weighted by Crippen LogP contribution is 2.46. The molecule has 1 amide bonds. The number of aliphatic hydroxyl groups is 1. The van der Waals surface area contributed by atoms with Crippen LogP contribution in [0.3, 0.4) is 0 Å². The van der Waals surface area contributed by atoms with E-state index in [1.54, 1.807) is 55.6 Å². The number of Topliss-reactive ketones (excluding diaryl/α,β-unsaturated/α-hetero) is 1. The number of hydrogen-bond acceptors (Lipinski definition) is 10. The Kier molecular flexibility index (Phi) is 6.43. The quantitative estimate of drug-likeness (QED) is 0.203. The lowest BCUT2D eigenvalue weighted by molar-refractivity contribution is -0.132. The predicted octanol–water partition coefficient (Wildman–Crippen LogP) is 4.72. The van der Waals surface area contributed by atoms with Crippen molar-refractivity contribution in [2.75, 3.05) is 39.4 Å². The number of amides is 1. The van der Waals surface area contributed by atoms with Gasteiger partial charge in [-0.25, -0.2) is 4.98 Å². The SMILES string of the molecule is COc1ccc2nc(N3C(=O)C(=O)C(=C(O)c4ccc5c(c4)OCCO5)[C@@H]3c3ccc(OC)c(OC)c3)sc2c1. The molecule has 3 heterocycles. The predicted molar refractivity (Wildman–Crippen MR) is 148 cm³/mol. The maximum Gasteiger partial charge on any atom is 0.301 e. The van der Waals surface area contributed by atoms with Crippen molar-refractivity contribution < 1.29 is 38.4 Å². The van der Waals surface area contributed by atoms with E-state index in [2.05, 4.69) is 4.98 Å². The number of benzene rings is 3. The molecule has 1 N–H and O–H groups in total. The molecule has 11 heteroatoms. The normalized spacial score (nSPS) is 17.8. The first-order valence-electron chi connectivity index (χ1n) is 12.3. The molecule has 0 radical (unpaired) electrons. The molecule has 0 bridgehead atoms. The summed E-state index contributed by atoms with van der Waals surface area (Å²) in [5, 5.41) is 11.8. The van der Waals surface area contributed by atoms with Crippen LogP contribution in [0.4, 0.5) is 5.13 Å². The van der Waals surface area contributed by atoms with Crippen molar-refractivity contribution in [1.82, 2.24) is 4.98 Å². The van der Waals surface area contributed by atoms with Gasteiger partial charge in [0.2, 0.25) is 0 Å². The van der Waals surface area contributed by atoms with Crippen molar-refractivity contribution in [1.29, 1.82) is 0 Å². The summed E-state index contributed by atoms with van der Waals surface area (Å²) < 4.78 is 28.2. The van der Waals surface area contributed by atoms with Gasteiger partial charge in [-0.2, -0.15) is 0 Å². The van der Waals surface area contributed by atoms with Crippen LogP contribution in [-0.4, -0.2) is 56.3 Å². The van der Waals surface area contributed by atoms with E-state index in [1.807, 2.05) is 6.07 Å². The standard InChI is InChI=1S/C29H24N2O8S/c1-35-17-6-7-18-23(14-17)40-29(30-18)31-25(15-4-8-19(36-2)21(12-15)37-3)24(27(33)28(31)34)26(32)16-5-9-20-22(13-16)39-11-10-38-20/h4-9,12-14,25,32H,10-11H2,1-3H3/t25-/m0/s1. The summed E-state index contributed by atoms with van der Waals surface area (Å²) in [6, 6.07) is 14.3. The van der Waals surface area contributed by atoms with Gasteiger partial charge in [0.25, 0.3) is 5.78 Å². The zero-order valence-electron chi connectivity index (χ0n) is 21.8. The number of fused-ring (bicyclic) bond motifs is 2. The first-order chi connectivity index (χ1) is 19.4. The molecule has 10 nitrogen and oxygen atoms in total. The Bertz CT molecular complexity index is 1690. The minimum Gasteiger partial charge on any atom is -0.507 e. The van der Waals surface area contributed by atoms with Gasteiger partial charge >= 0.3 is 5.91 Å². The number of ketones is 1. The van der Waals surface area contributed by atoms with Crippen LogP contribution in [0.5, 0.6) is 28.7 Å². The lowest BCUT2D eigenvalue weighted by Crippen LogP contribution is -2.29. The van der Waals surface area contributed by atoms with Crippen LogP contribution in [0.15, 0.2) is 60.2 Å². The summed E-state index contributed by atoms with van der Waals surface area (Å²) in [7, 11) is 4.58. The Labute approximate surface area is 232 Å². The Hall–Kier alpha value is -4.77. The molecule has 6 rings (SSSR count). The third-order valence-electron chi connectivity index (χ3n) is 6.77. The number of hydrogen-bond donors (Lipinski definition) is 1. The van der Waals surface area contributed by atoms with Gasteiger partial charge in [-0.15, -0.1) is 0 Å². The van der Waals surface area contributed by atoms with E-state index in [9.17, 15) is 14.7 Å². The highest BCUT2D eigenvalue weighted by molar-refractivity contribution is 7.22. The molecule has 1 atom stereocenters. The monoisotopic (exact) mass is 560 g/mol. The van der Waals surface area contributed by atoms with Crippen LogP contribution >= 0.6 is 11.3 Å². The first-order valence-corrected chi connectivity index (χ1v) is 13.1. The van der Waals surface area contributed by atoms with Crippen LogP contribution in [0.1, 0.15) is 17.2 Å². The number of thiazole rings is 1. The Morgan fingerprint density at radius 3 is 2.45 bits per heavy atom. The van der Waals surface area contributed by atoms with Crippen molar-refractivity contribution in [3.8, 4) is 28.7 Å². The first kappa shape index (κ1) is 25.5. The fraction of sp³-hybridized carbons (Fsp3) is 0.207. The van der Waals surface area contributed by atoms with Crippen molar-refractivity contribution in [3.05, 3.63) is 71.3 Å². The molecule has 0 unspecified atom stereocenters. The summed E-state index contributed by atoms with van der Waals surface area (Å²) in [6.45, 7) is 0.770. The number of methoxy groups -OCH3 is 3. The van der Waals surface area contributed by atoms with Crippen LogP contribution in [0.2, 0.25) is 0 Å². The molecular weight excluding hydrogens is 536 g/mol. The van der Waals surface area contributed by atoms with E-state index in [4.69, 9.17) is 23.7 Å². The Morgan fingerprint density at radius 2 is 1.70 bits per heavy atom. The number of carbonyl (C=O) groups is 2. The fourth-order valence-corrected chi connectivity index (χ4v) is 5.86. The van der Waals surface area contributed by atoms with Gasteiger partial charge in [0.15, 0.2) is 28.1 Å². The fourth-order valence-electron chi connectivity index (χ4n) is 4.84. The number of carbonyl (C=O) groups excluding carboxylic acids is 2. The third-order valence-corrected chi connectivity index (χ3v) is 7.79. The van der Waals surface area contributed by atoms with Gasteiger partial charge in [-0.1, -0.05) is 17.4 Å². The second-order valence-corrected chi connectivity index (χ2v) is 9.98.